The molecule has 34 heavy (non-hydrogen) atoms. The zero-order chi connectivity index (χ0) is 24.0. The summed E-state index contributed by atoms with van der Waals surface area (Å²) < 4.78 is 5.52. The first kappa shape index (κ1) is 22.3. The number of aryl methyl sites for hydroxylation is 1. The standard InChI is InChI=1S/C27H28N2O5/c1-16-3-6-19(7-4-16)28-15-18(14-24(28)30)27(33)34-21-10-8-20(9-11-21)29-25(31)22-12-5-17(2)13-23(22)26(29)32/h3-4,6-11,17-18,22-23H,5,12-15H2,1-2H3/t17-,18+,22+,23-/m0/s1. The fourth-order valence-corrected chi connectivity index (χ4v) is 5.35. The van der Waals surface area contributed by atoms with Crippen molar-refractivity contribution in [3.63, 3.8) is 0 Å². The number of nitrogens with zero attached hydrogens (tertiary/aromatic N) is 2. The Morgan fingerprint density at radius 2 is 1.53 bits per heavy atom. The number of imide groups is 1. The Balaban J connectivity index is 1.24. The molecule has 4 atom stereocenters. The molecule has 2 aromatic carbocycles. The van der Waals surface area contributed by atoms with E-state index in [2.05, 4.69) is 6.92 Å². The van der Waals surface area contributed by atoms with Gasteiger partial charge in [-0.15, -0.1) is 0 Å². The highest BCUT2D eigenvalue weighted by molar-refractivity contribution is 6.22. The van der Waals surface area contributed by atoms with Gasteiger partial charge >= 0.3 is 5.97 Å². The first-order chi connectivity index (χ1) is 16.3. The minimum absolute atomic E-state index is 0.1000. The van der Waals surface area contributed by atoms with E-state index in [-0.39, 0.29) is 42.5 Å². The summed E-state index contributed by atoms with van der Waals surface area (Å²) >= 11 is 0. The molecule has 2 heterocycles. The van der Waals surface area contributed by atoms with Gasteiger partial charge in [-0.25, -0.2) is 0 Å². The third kappa shape index (κ3) is 4.00. The molecule has 3 fully saturated rings. The van der Waals surface area contributed by atoms with Crippen molar-refractivity contribution in [1.29, 1.82) is 0 Å². The molecule has 2 aromatic rings. The fraction of sp³-hybridized carbons (Fsp3) is 0.407. The number of ether oxygens (including phenoxy) is 1. The molecule has 2 aliphatic heterocycles. The molecule has 0 aromatic heterocycles. The Morgan fingerprint density at radius 1 is 0.882 bits per heavy atom. The topological polar surface area (TPSA) is 84.0 Å². The highest BCUT2D eigenvalue weighted by Gasteiger charge is 2.50. The quantitative estimate of drug-likeness (QED) is 0.393. The normalized spacial score (nSPS) is 26.7. The van der Waals surface area contributed by atoms with Crippen molar-refractivity contribution < 1.29 is 23.9 Å². The number of esters is 1. The summed E-state index contributed by atoms with van der Waals surface area (Å²) in [7, 11) is 0. The summed E-state index contributed by atoms with van der Waals surface area (Å²) in [4.78, 5) is 53.9. The zero-order valence-electron chi connectivity index (χ0n) is 19.4. The summed E-state index contributed by atoms with van der Waals surface area (Å²) in [5.41, 5.74) is 2.36. The molecule has 2 saturated heterocycles. The first-order valence-corrected chi connectivity index (χ1v) is 11.9. The Labute approximate surface area is 198 Å². The summed E-state index contributed by atoms with van der Waals surface area (Å²) in [6.45, 7) is 4.37. The van der Waals surface area contributed by atoms with E-state index in [1.165, 1.54) is 4.90 Å². The van der Waals surface area contributed by atoms with E-state index in [0.717, 1.165) is 30.5 Å². The van der Waals surface area contributed by atoms with Gasteiger partial charge in [0, 0.05) is 18.7 Å². The van der Waals surface area contributed by atoms with E-state index in [1.54, 1.807) is 29.2 Å². The van der Waals surface area contributed by atoms with Gasteiger partial charge in [0.15, 0.2) is 0 Å². The molecule has 0 bridgehead atoms. The Bertz CT molecular complexity index is 1140. The molecule has 0 N–H and O–H groups in total. The van der Waals surface area contributed by atoms with Gasteiger partial charge in [0.05, 0.1) is 23.4 Å². The molecule has 7 nitrogen and oxygen atoms in total. The predicted octanol–water partition coefficient (Wildman–Crippen LogP) is 3.88. The van der Waals surface area contributed by atoms with E-state index >= 15 is 0 Å². The van der Waals surface area contributed by atoms with E-state index < -0.39 is 11.9 Å². The van der Waals surface area contributed by atoms with Crippen LogP contribution in [0.1, 0.15) is 38.2 Å². The van der Waals surface area contributed by atoms with E-state index in [0.29, 0.717) is 17.4 Å². The Kier molecular flexibility index (Phi) is 5.71. The maximum atomic E-state index is 12.9. The number of benzene rings is 2. The van der Waals surface area contributed by atoms with E-state index in [9.17, 15) is 19.2 Å². The third-order valence-corrected chi connectivity index (χ3v) is 7.31. The second kappa shape index (κ2) is 8.70. The van der Waals surface area contributed by atoms with Gasteiger partial charge in [-0.2, -0.15) is 0 Å². The van der Waals surface area contributed by atoms with Crippen LogP contribution in [0.25, 0.3) is 0 Å². The summed E-state index contributed by atoms with van der Waals surface area (Å²) in [6, 6.07) is 14.1. The monoisotopic (exact) mass is 460 g/mol. The van der Waals surface area contributed by atoms with Crippen LogP contribution >= 0.6 is 0 Å². The average Bonchev–Trinajstić information content (AvgIpc) is 3.32. The number of hydrogen-bond donors (Lipinski definition) is 0. The summed E-state index contributed by atoms with van der Waals surface area (Å²) in [5, 5.41) is 0. The van der Waals surface area contributed by atoms with Crippen LogP contribution in [0.3, 0.4) is 0 Å². The van der Waals surface area contributed by atoms with Crippen molar-refractivity contribution >= 4 is 35.1 Å². The van der Waals surface area contributed by atoms with Crippen LogP contribution in [0.5, 0.6) is 5.75 Å². The second-order valence-corrected chi connectivity index (χ2v) is 9.80. The van der Waals surface area contributed by atoms with E-state index in [1.807, 2.05) is 31.2 Å². The van der Waals surface area contributed by atoms with Gasteiger partial charge in [-0.05, 0) is 68.5 Å². The van der Waals surface area contributed by atoms with Gasteiger partial charge < -0.3 is 9.64 Å². The molecule has 3 amide bonds. The van der Waals surface area contributed by atoms with Crippen LogP contribution in [0.15, 0.2) is 48.5 Å². The SMILES string of the molecule is Cc1ccc(N2C[C@H](C(=O)Oc3ccc(N4C(=O)[C@H]5C[C@@H](C)CC[C@H]5C4=O)cc3)CC2=O)cc1. The number of carbonyl (C=O) groups is 4. The predicted molar refractivity (Wildman–Crippen MR) is 126 cm³/mol. The van der Waals surface area contributed by atoms with Gasteiger partial charge in [-0.3, -0.25) is 24.1 Å². The Morgan fingerprint density at radius 3 is 2.24 bits per heavy atom. The molecule has 7 heteroatoms. The number of anilines is 2. The highest BCUT2D eigenvalue weighted by Crippen LogP contribution is 2.42. The molecule has 5 rings (SSSR count). The van der Waals surface area contributed by atoms with Crippen LogP contribution in [0.2, 0.25) is 0 Å². The number of hydrogen-bond acceptors (Lipinski definition) is 5. The number of rotatable bonds is 4. The lowest BCUT2D eigenvalue weighted by Crippen LogP contribution is -2.30. The lowest BCUT2D eigenvalue weighted by Gasteiger charge is -2.25. The molecule has 0 radical (unpaired) electrons. The molecule has 0 spiro atoms. The summed E-state index contributed by atoms with van der Waals surface area (Å²) in [5.74, 6) is -1.08. The van der Waals surface area contributed by atoms with Crippen molar-refractivity contribution in [2.24, 2.45) is 23.7 Å². The van der Waals surface area contributed by atoms with Crippen LogP contribution in [0.4, 0.5) is 11.4 Å². The maximum Gasteiger partial charge on any atom is 0.316 e. The average molecular weight is 461 g/mol. The molecule has 1 aliphatic carbocycles. The lowest BCUT2D eigenvalue weighted by molar-refractivity contribution is -0.139. The minimum atomic E-state index is -0.555. The highest BCUT2D eigenvalue weighted by atomic mass is 16.5. The van der Waals surface area contributed by atoms with Crippen LogP contribution < -0.4 is 14.5 Å². The van der Waals surface area contributed by atoms with Gasteiger partial charge in [0.25, 0.3) is 0 Å². The van der Waals surface area contributed by atoms with Gasteiger partial charge in [0.2, 0.25) is 17.7 Å². The Hall–Kier alpha value is -3.48. The van der Waals surface area contributed by atoms with Crippen molar-refractivity contribution in [3.8, 4) is 5.75 Å². The maximum absolute atomic E-state index is 12.9. The fourth-order valence-electron chi connectivity index (χ4n) is 5.35. The zero-order valence-corrected chi connectivity index (χ0v) is 19.4. The van der Waals surface area contributed by atoms with Crippen molar-refractivity contribution in [3.05, 3.63) is 54.1 Å². The number of fused-ring (bicyclic) bond motifs is 1. The molecular weight excluding hydrogens is 432 g/mol. The van der Waals surface area contributed by atoms with Crippen LogP contribution in [0, 0.1) is 30.6 Å². The third-order valence-electron chi connectivity index (χ3n) is 7.31. The second-order valence-electron chi connectivity index (χ2n) is 9.80. The number of carbonyl (C=O) groups excluding carboxylic acids is 4. The summed E-state index contributed by atoms with van der Waals surface area (Å²) in [6.07, 6.45) is 2.57. The lowest BCUT2D eigenvalue weighted by atomic mass is 9.76. The van der Waals surface area contributed by atoms with E-state index in [4.69, 9.17) is 4.74 Å². The minimum Gasteiger partial charge on any atom is -0.426 e. The van der Waals surface area contributed by atoms with Crippen molar-refractivity contribution in [1.82, 2.24) is 0 Å². The molecule has 176 valence electrons. The molecular formula is C27H28N2O5. The van der Waals surface area contributed by atoms with Gasteiger partial charge in [0.1, 0.15) is 5.75 Å². The first-order valence-electron chi connectivity index (χ1n) is 11.9. The van der Waals surface area contributed by atoms with Crippen LogP contribution in [-0.2, 0) is 19.2 Å². The molecule has 1 saturated carbocycles. The molecule has 0 unspecified atom stereocenters. The van der Waals surface area contributed by atoms with Crippen LogP contribution in [-0.4, -0.2) is 30.2 Å². The molecule has 3 aliphatic rings. The van der Waals surface area contributed by atoms with Crippen molar-refractivity contribution in [2.45, 2.75) is 39.5 Å². The largest absolute Gasteiger partial charge is 0.426 e. The smallest absolute Gasteiger partial charge is 0.316 e. The van der Waals surface area contributed by atoms with Crippen molar-refractivity contribution in [2.75, 3.05) is 16.3 Å². The number of amides is 3. The van der Waals surface area contributed by atoms with Gasteiger partial charge in [-0.1, -0.05) is 24.6 Å².